The van der Waals surface area contributed by atoms with Gasteiger partial charge in [-0.25, -0.2) is 4.79 Å². The molecule has 3 N–H and O–H groups in total. The number of carbonyl (C=O) groups is 2. The van der Waals surface area contributed by atoms with Crippen LogP contribution in [0.25, 0.3) is 0 Å². The molecule has 1 atom stereocenters. The fraction of sp³-hybridized carbons (Fsp3) is 0.429. The van der Waals surface area contributed by atoms with Gasteiger partial charge < -0.3 is 15.2 Å². The van der Waals surface area contributed by atoms with Crippen LogP contribution in [0.15, 0.2) is 12.1 Å². The van der Waals surface area contributed by atoms with Crippen molar-refractivity contribution in [2.75, 3.05) is 7.05 Å². The smallest absolute Gasteiger partial charge is 0.321 e. The second-order valence-corrected chi connectivity index (χ2v) is 4.55. The van der Waals surface area contributed by atoms with Crippen molar-refractivity contribution in [3.05, 3.63) is 28.8 Å². The molecule has 20 heavy (non-hydrogen) atoms. The van der Waals surface area contributed by atoms with Crippen LogP contribution in [-0.4, -0.2) is 30.2 Å². The molecule has 0 spiro atoms. The highest BCUT2D eigenvalue weighted by Gasteiger charge is 2.18. The molecule has 0 radical (unpaired) electrons. The van der Waals surface area contributed by atoms with Crippen molar-refractivity contribution in [3.8, 4) is 5.75 Å². The van der Waals surface area contributed by atoms with Gasteiger partial charge in [0.25, 0.3) is 5.91 Å². The highest BCUT2D eigenvalue weighted by atomic mass is 16.5. The number of amides is 3. The first kappa shape index (κ1) is 16.0. The molecule has 110 valence electrons. The van der Waals surface area contributed by atoms with E-state index in [1.165, 1.54) is 7.05 Å². The molecule has 1 rings (SSSR count). The molecule has 0 bridgehead atoms. The number of ether oxygens (including phenoxy) is 1. The molecule has 0 heterocycles. The normalized spacial score (nSPS) is 11.7. The predicted octanol–water partition coefficient (Wildman–Crippen LogP) is 1.02. The minimum Gasteiger partial charge on any atom is -0.480 e. The average molecular weight is 280 g/mol. The van der Waals surface area contributed by atoms with Crippen molar-refractivity contribution < 1.29 is 19.4 Å². The third-order valence-corrected chi connectivity index (χ3v) is 2.83. The van der Waals surface area contributed by atoms with E-state index in [1.807, 2.05) is 13.8 Å². The van der Waals surface area contributed by atoms with E-state index in [2.05, 4.69) is 10.6 Å². The highest BCUT2D eigenvalue weighted by molar-refractivity contribution is 5.96. The van der Waals surface area contributed by atoms with Gasteiger partial charge in [-0.2, -0.15) is 0 Å². The second kappa shape index (κ2) is 6.91. The Hall–Kier alpha value is -2.08. The molecule has 3 amide bonds. The number of nitrogens with one attached hydrogen (secondary N) is 2. The van der Waals surface area contributed by atoms with Crippen LogP contribution in [0.1, 0.15) is 23.6 Å². The Morgan fingerprint density at radius 3 is 2.30 bits per heavy atom. The van der Waals surface area contributed by atoms with Crippen molar-refractivity contribution in [2.45, 2.75) is 33.5 Å². The summed E-state index contributed by atoms with van der Waals surface area (Å²) >= 11 is 0. The van der Waals surface area contributed by atoms with E-state index in [1.54, 1.807) is 19.1 Å². The van der Waals surface area contributed by atoms with Gasteiger partial charge in [-0.05, 0) is 37.5 Å². The number of hydrogen-bond acceptors (Lipinski definition) is 4. The number of aliphatic hydroxyl groups is 1. The number of hydrogen-bond donors (Lipinski definition) is 3. The summed E-state index contributed by atoms with van der Waals surface area (Å²) < 4.78 is 5.61. The Bertz CT molecular complexity index is 491. The lowest BCUT2D eigenvalue weighted by atomic mass is 10.1. The topological polar surface area (TPSA) is 87.7 Å². The predicted molar refractivity (Wildman–Crippen MR) is 74.5 cm³/mol. The minimum atomic E-state index is -0.801. The van der Waals surface area contributed by atoms with Gasteiger partial charge in [0.2, 0.25) is 0 Å². The number of imide groups is 1. The first-order valence-electron chi connectivity index (χ1n) is 6.29. The van der Waals surface area contributed by atoms with Crippen molar-refractivity contribution in [1.82, 2.24) is 10.6 Å². The zero-order valence-corrected chi connectivity index (χ0v) is 12.1. The van der Waals surface area contributed by atoms with Crippen molar-refractivity contribution >= 4 is 11.9 Å². The zero-order valence-electron chi connectivity index (χ0n) is 12.1. The minimum absolute atomic E-state index is 0.0470. The summed E-state index contributed by atoms with van der Waals surface area (Å²) in [5.41, 5.74) is 2.44. The molecule has 0 aliphatic heterocycles. The molecule has 0 aromatic heterocycles. The van der Waals surface area contributed by atoms with Crippen LogP contribution in [0.2, 0.25) is 0 Å². The van der Waals surface area contributed by atoms with Crippen LogP contribution in [0.3, 0.4) is 0 Å². The van der Waals surface area contributed by atoms with Crippen molar-refractivity contribution in [3.63, 3.8) is 0 Å². The van der Waals surface area contributed by atoms with Gasteiger partial charge in [0, 0.05) is 7.05 Å². The molecule has 6 nitrogen and oxygen atoms in total. The van der Waals surface area contributed by atoms with E-state index in [4.69, 9.17) is 9.84 Å². The molecular formula is C14H20N2O4. The van der Waals surface area contributed by atoms with E-state index in [0.29, 0.717) is 5.75 Å². The Balaban J connectivity index is 2.83. The molecule has 0 fully saturated rings. The fourth-order valence-corrected chi connectivity index (χ4v) is 1.82. The summed E-state index contributed by atoms with van der Waals surface area (Å²) in [5.74, 6) is 0.0659. The van der Waals surface area contributed by atoms with E-state index in [-0.39, 0.29) is 6.61 Å². The van der Waals surface area contributed by atoms with Crippen LogP contribution in [0.4, 0.5) is 4.79 Å². The van der Waals surface area contributed by atoms with Gasteiger partial charge in [-0.15, -0.1) is 0 Å². The largest absolute Gasteiger partial charge is 0.480 e. The van der Waals surface area contributed by atoms with Crippen molar-refractivity contribution in [1.29, 1.82) is 0 Å². The summed E-state index contributed by atoms with van der Waals surface area (Å²) in [5, 5.41) is 13.6. The number of urea groups is 1. The van der Waals surface area contributed by atoms with Crippen LogP contribution >= 0.6 is 0 Å². The van der Waals surface area contributed by atoms with E-state index in [0.717, 1.165) is 16.7 Å². The molecule has 6 heteroatoms. The molecule has 1 aromatic rings. The lowest BCUT2D eigenvalue weighted by molar-refractivity contribution is -0.126. The monoisotopic (exact) mass is 280 g/mol. The molecule has 1 unspecified atom stereocenters. The number of carbonyl (C=O) groups excluding carboxylic acids is 2. The molecule has 1 aromatic carbocycles. The molecule has 0 saturated carbocycles. The van der Waals surface area contributed by atoms with Gasteiger partial charge >= 0.3 is 6.03 Å². The summed E-state index contributed by atoms with van der Waals surface area (Å²) in [6, 6.07) is 3.02. The van der Waals surface area contributed by atoms with Gasteiger partial charge in [0.1, 0.15) is 5.75 Å². The summed E-state index contributed by atoms with van der Waals surface area (Å²) in [4.78, 5) is 22.8. The summed E-state index contributed by atoms with van der Waals surface area (Å²) in [6.07, 6.45) is -0.801. The average Bonchev–Trinajstić information content (AvgIpc) is 2.41. The maximum absolute atomic E-state index is 11.7. The van der Waals surface area contributed by atoms with Crippen LogP contribution in [0, 0.1) is 13.8 Å². The van der Waals surface area contributed by atoms with Gasteiger partial charge in [-0.3, -0.25) is 10.1 Å². The third-order valence-electron chi connectivity index (χ3n) is 2.83. The lowest BCUT2D eigenvalue weighted by Gasteiger charge is -2.18. The maximum atomic E-state index is 11.7. The lowest BCUT2D eigenvalue weighted by Crippen LogP contribution is -2.44. The summed E-state index contributed by atoms with van der Waals surface area (Å²) in [6.45, 7) is 5.20. The van der Waals surface area contributed by atoms with Crippen molar-refractivity contribution in [2.24, 2.45) is 0 Å². The molecule has 0 aliphatic rings. The third kappa shape index (κ3) is 3.96. The molecular weight excluding hydrogens is 260 g/mol. The first-order chi connectivity index (χ1) is 9.38. The number of rotatable bonds is 4. The maximum Gasteiger partial charge on any atom is 0.321 e. The Labute approximate surface area is 118 Å². The number of aliphatic hydroxyl groups excluding tert-OH is 1. The van der Waals surface area contributed by atoms with Gasteiger partial charge in [-0.1, -0.05) is 12.1 Å². The van der Waals surface area contributed by atoms with Gasteiger partial charge in [0.05, 0.1) is 6.61 Å². The molecule has 0 saturated heterocycles. The van der Waals surface area contributed by atoms with E-state index < -0.39 is 18.0 Å². The Kier molecular flexibility index (Phi) is 5.52. The second-order valence-electron chi connectivity index (χ2n) is 4.55. The molecule has 0 aliphatic carbocycles. The van der Waals surface area contributed by atoms with E-state index in [9.17, 15) is 9.59 Å². The highest BCUT2D eigenvalue weighted by Crippen LogP contribution is 2.25. The van der Waals surface area contributed by atoms with Crippen LogP contribution in [-0.2, 0) is 11.4 Å². The SMILES string of the molecule is CNC(=O)NC(=O)C(C)Oc1c(C)cc(CO)cc1C. The Morgan fingerprint density at radius 2 is 1.85 bits per heavy atom. The Morgan fingerprint density at radius 1 is 1.30 bits per heavy atom. The fourth-order valence-electron chi connectivity index (χ4n) is 1.82. The van der Waals surface area contributed by atoms with Crippen LogP contribution < -0.4 is 15.4 Å². The quantitative estimate of drug-likeness (QED) is 0.768. The van der Waals surface area contributed by atoms with Gasteiger partial charge in [0.15, 0.2) is 6.10 Å². The zero-order chi connectivity index (χ0) is 15.3. The summed E-state index contributed by atoms with van der Waals surface area (Å²) in [7, 11) is 1.43. The standard InChI is InChI=1S/C14H20N2O4/c1-8-5-11(7-17)6-9(2)12(8)20-10(3)13(18)16-14(19)15-4/h5-6,10,17H,7H2,1-4H3,(H2,15,16,18,19). The first-order valence-corrected chi connectivity index (χ1v) is 6.29. The number of aryl methyl sites for hydroxylation is 2. The van der Waals surface area contributed by atoms with E-state index >= 15 is 0 Å². The van der Waals surface area contributed by atoms with Crippen LogP contribution in [0.5, 0.6) is 5.75 Å². The number of benzene rings is 1.